The molecule has 0 aliphatic carbocycles. The summed E-state index contributed by atoms with van der Waals surface area (Å²) in [7, 11) is 0. The minimum Gasteiger partial charge on any atom is -0.394 e. The van der Waals surface area contributed by atoms with Crippen molar-refractivity contribution < 1.29 is 5.11 Å². The van der Waals surface area contributed by atoms with Gasteiger partial charge in [-0.2, -0.15) is 0 Å². The molecule has 19 heavy (non-hydrogen) atoms. The van der Waals surface area contributed by atoms with Gasteiger partial charge in [-0.25, -0.2) is 4.98 Å². The van der Waals surface area contributed by atoms with Gasteiger partial charge in [-0.05, 0) is 37.1 Å². The highest BCUT2D eigenvalue weighted by Gasteiger charge is 2.25. The van der Waals surface area contributed by atoms with Crippen LogP contribution in [0.15, 0.2) is 28.7 Å². The van der Waals surface area contributed by atoms with Gasteiger partial charge in [0.1, 0.15) is 5.82 Å². The fourth-order valence-electron chi connectivity index (χ4n) is 2.63. The Bertz CT molecular complexity index is 620. The van der Waals surface area contributed by atoms with Crippen molar-refractivity contribution in [2.75, 3.05) is 18.1 Å². The van der Waals surface area contributed by atoms with Crippen molar-refractivity contribution in [2.24, 2.45) is 0 Å². The predicted molar refractivity (Wildman–Crippen MR) is 81.9 cm³/mol. The molecule has 1 aromatic carbocycles. The number of anilines is 1. The van der Waals surface area contributed by atoms with E-state index in [0.717, 1.165) is 40.6 Å². The van der Waals surface area contributed by atoms with E-state index in [1.165, 1.54) is 0 Å². The average molecular weight is 342 g/mol. The first-order valence-electron chi connectivity index (χ1n) is 6.32. The zero-order valence-electron chi connectivity index (χ0n) is 10.3. The fraction of sp³-hybridized carbons (Fsp3) is 0.357. The van der Waals surface area contributed by atoms with Gasteiger partial charge in [-0.3, -0.25) is 0 Å². The number of hydrogen-bond acceptors (Lipinski definition) is 3. The van der Waals surface area contributed by atoms with Crippen molar-refractivity contribution in [2.45, 2.75) is 18.9 Å². The fourth-order valence-corrected chi connectivity index (χ4v) is 3.51. The molecule has 0 bridgehead atoms. The monoisotopic (exact) mass is 340 g/mol. The third kappa shape index (κ3) is 2.45. The predicted octanol–water partition coefficient (Wildman–Crippen LogP) is 3.61. The van der Waals surface area contributed by atoms with E-state index in [2.05, 4.69) is 25.8 Å². The lowest BCUT2D eigenvalue weighted by Crippen LogP contribution is -2.32. The SMILES string of the molecule is OC[C@@H]1CCCN1c1ccc2cc(Br)cc(Cl)c2n1. The Labute approximate surface area is 125 Å². The Morgan fingerprint density at radius 3 is 3.05 bits per heavy atom. The molecule has 0 radical (unpaired) electrons. The number of aromatic nitrogens is 1. The zero-order chi connectivity index (χ0) is 13.4. The van der Waals surface area contributed by atoms with E-state index in [0.29, 0.717) is 5.02 Å². The van der Waals surface area contributed by atoms with Crippen molar-refractivity contribution >= 4 is 44.3 Å². The van der Waals surface area contributed by atoms with E-state index >= 15 is 0 Å². The zero-order valence-corrected chi connectivity index (χ0v) is 12.7. The lowest BCUT2D eigenvalue weighted by atomic mass is 10.2. The number of aliphatic hydroxyl groups excluding tert-OH is 1. The minimum absolute atomic E-state index is 0.174. The lowest BCUT2D eigenvalue weighted by Gasteiger charge is -2.24. The van der Waals surface area contributed by atoms with E-state index in [9.17, 15) is 5.11 Å². The molecule has 100 valence electrons. The summed E-state index contributed by atoms with van der Waals surface area (Å²) in [6.07, 6.45) is 2.11. The molecule has 1 aliphatic heterocycles. The van der Waals surface area contributed by atoms with Gasteiger partial charge in [0.05, 0.1) is 23.2 Å². The normalized spacial score (nSPS) is 19.3. The summed E-state index contributed by atoms with van der Waals surface area (Å²) >= 11 is 9.68. The van der Waals surface area contributed by atoms with Crippen LogP contribution >= 0.6 is 27.5 Å². The van der Waals surface area contributed by atoms with Gasteiger partial charge in [0.2, 0.25) is 0 Å². The highest BCUT2D eigenvalue weighted by Crippen LogP contribution is 2.30. The van der Waals surface area contributed by atoms with Crippen molar-refractivity contribution in [3.05, 3.63) is 33.8 Å². The summed E-state index contributed by atoms with van der Waals surface area (Å²) in [4.78, 5) is 6.82. The summed E-state index contributed by atoms with van der Waals surface area (Å²) in [6, 6.07) is 8.07. The number of fused-ring (bicyclic) bond motifs is 1. The van der Waals surface area contributed by atoms with Crippen LogP contribution in [0.25, 0.3) is 10.9 Å². The Balaban J connectivity index is 2.06. The molecule has 3 nitrogen and oxygen atoms in total. The number of benzene rings is 1. The number of hydrogen-bond donors (Lipinski definition) is 1. The summed E-state index contributed by atoms with van der Waals surface area (Å²) < 4.78 is 0.953. The maximum atomic E-state index is 9.40. The Kier molecular flexibility index (Phi) is 3.65. The first-order valence-corrected chi connectivity index (χ1v) is 7.49. The third-order valence-corrected chi connectivity index (χ3v) is 4.32. The molecule has 5 heteroatoms. The molecular weight excluding hydrogens is 328 g/mol. The van der Waals surface area contributed by atoms with Gasteiger partial charge in [0.25, 0.3) is 0 Å². The second kappa shape index (κ2) is 5.27. The number of rotatable bonds is 2. The topological polar surface area (TPSA) is 36.4 Å². The third-order valence-electron chi connectivity index (χ3n) is 3.58. The van der Waals surface area contributed by atoms with Crippen LogP contribution < -0.4 is 4.90 Å². The molecule has 1 N–H and O–H groups in total. The number of halogens is 2. The molecular formula is C14H14BrClN2O. The maximum Gasteiger partial charge on any atom is 0.129 e. The smallest absolute Gasteiger partial charge is 0.129 e. The minimum atomic E-state index is 0.174. The Morgan fingerprint density at radius 2 is 2.26 bits per heavy atom. The van der Waals surface area contributed by atoms with Gasteiger partial charge < -0.3 is 10.0 Å². The van der Waals surface area contributed by atoms with Crippen LogP contribution in [0.2, 0.25) is 5.02 Å². The van der Waals surface area contributed by atoms with E-state index in [-0.39, 0.29) is 12.6 Å². The number of aliphatic hydroxyl groups is 1. The summed E-state index contributed by atoms with van der Waals surface area (Å²) in [5.41, 5.74) is 0.811. The van der Waals surface area contributed by atoms with Crippen LogP contribution in [0.5, 0.6) is 0 Å². The molecule has 0 spiro atoms. The molecule has 2 aromatic rings. The highest BCUT2D eigenvalue weighted by atomic mass is 79.9. The van der Waals surface area contributed by atoms with Crippen molar-refractivity contribution in [1.82, 2.24) is 4.98 Å². The Morgan fingerprint density at radius 1 is 1.42 bits per heavy atom. The number of nitrogens with zero attached hydrogens (tertiary/aromatic N) is 2. The van der Waals surface area contributed by atoms with Crippen molar-refractivity contribution in [1.29, 1.82) is 0 Å². The average Bonchev–Trinajstić information content (AvgIpc) is 2.86. The Hall–Kier alpha value is -0.840. The van der Waals surface area contributed by atoms with Crippen LogP contribution in [0, 0.1) is 0 Å². The van der Waals surface area contributed by atoms with E-state index < -0.39 is 0 Å². The molecule has 1 fully saturated rings. The molecule has 0 unspecified atom stereocenters. The van der Waals surface area contributed by atoms with Gasteiger partial charge >= 0.3 is 0 Å². The first kappa shape index (κ1) is 13.2. The molecule has 1 saturated heterocycles. The van der Waals surface area contributed by atoms with Gasteiger partial charge in [-0.1, -0.05) is 27.5 Å². The van der Waals surface area contributed by atoms with Crippen molar-refractivity contribution in [3.63, 3.8) is 0 Å². The highest BCUT2D eigenvalue weighted by molar-refractivity contribution is 9.10. The molecule has 1 aliphatic rings. The molecule has 1 atom stereocenters. The van der Waals surface area contributed by atoms with Crippen LogP contribution in [0.1, 0.15) is 12.8 Å². The second-order valence-corrected chi connectivity index (χ2v) is 6.12. The van der Waals surface area contributed by atoms with Gasteiger partial charge in [0.15, 0.2) is 0 Å². The molecule has 0 amide bonds. The maximum absolute atomic E-state index is 9.40. The lowest BCUT2D eigenvalue weighted by molar-refractivity contribution is 0.266. The summed E-state index contributed by atoms with van der Waals surface area (Å²) in [5, 5.41) is 11.1. The second-order valence-electron chi connectivity index (χ2n) is 4.80. The molecule has 0 saturated carbocycles. The van der Waals surface area contributed by atoms with Crippen LogP contribution in [-0.2, 0) is 0 Å². The van der Waals surface area contributed by atoms with E-state index in [4.69, 9.17) is 11.6 Å². The van der Waals surface area contributed by atoms with E-state index in [1.807, 2.05) is 24.3 Å². The van der Waals surface area contributed by atoms with Crippen LogP contribution in [0.4, 0.5) is 5.82 Å². The summed E-state index contributed by atoms with van der Waals surface area (Å²) in [5.74, 6) is 0.897. The van der Waals surface area contributed by atoms with Gasteiger partial charge in [0, 0.05) is 16.4 Å². The number of pyridine rings is 1. The summed E-state index contributed by atoms with van der Waals surface area (Å²) in [6.45, 7) is 1.12. The quantitative estimate of drug-likeness (QED) is 0.906. The first-order chi connectivity index (χ1) is 9.19. The van der Waals surface area contributed by atoms with Crippen molar-refractivity contribution in [3.8, 4) is 0 Å². The van der Waals surface area contributed by atoms with Gasteiger partial charge in [-0.15, -0.1) is 0 Å². The largest absolute Gasteiger partial charge is 0.394 e. The van der Waals surface area contributed by atoms with Crippen LogP contribution in [0.3, 0.4) is 0 Å². The molecule has 2 heterocycles. The standard InChI is InChI=1S/C14H14BrClN2O/c15-10-6-9-3-4-13(17-14(9)12(16)7-10)18-5-1-2-11(18)8-19/h3-4,6-7,11,19H,1-2,5,8H2/t11-/m0/s1. The molecule has 1 aromatic heterocycles. The molecule has 3 rings (SSSR count). The van der Waals surface area contributed by atoms with E-state index in [1.54, 1.807) is 0 Å². The van der Waals surface area contributed by atoms with Crippen LogP contribution in [-0.4, -0.2) is 29.3 Å².